The molecule has 2 aromatic rings. The van der Waals surface area contributed by atoms with Crippen LogP contribution in [0.4, 0.5) is 13.2 Å². The first-order valence-electron chi connectivity index (χ1n) is 7.60. The van der Waals surface area contributed by atoms with E-state index in [1.165, 1.54) is 4.90 Å². The van der Waals surface area contributed by atoms with Crippen molar-refractivity contribution in [2.75, 3.05) is 13.1 Å². The molecule has 1 amide bonds. The Hall–Kier alpha value is -2.45. The number of H-pyrrole nitrogens is 1. The van der Waals surface area contributed by atoms with Crippen molar-refractivity contribution in [3.05, 3.63) is 30.2 Å². The lowest BCUT2D eigenvalue weighted by Gasteiger charge is -2.44. The predicted octanol–water partition coefficient (Wildman–Crippen LogP) is 2.28. The fourth-order valence-corrected chi connectivity index (χ4v) is 3.58. The van der Waals surface area contributed by atoms with Gasteiger partial charge < -0.3 is 4.90 Å². The van der Waals surface area contributed by atoms with Crippen molar-refractivity contribution in [3.8, 4) is 11.5 Å². The largest absolute Gasteiger partial charge is 0.396 e. The van der Waals surface area contributed by atoms with Gasteiger partial charge in [0.1, 0.15) is 5.69 Å². The van der Waals surface area contributed by atoms with E-state index < -0.39 is 23.4 Å². The number of hydrogen-bond donors (Lipinski definition) is 1. The molecule has 2 fully saturated rings. The van der Waals surface area contributed by atoms with Crippen LogP contribution in [-0.4, -0.2) is 50.2 Å². The number of carbonyl (C=O) groups excluding carboxylic acids is 1. The molecule has 0 unspecified atom stereocenters. The van der Waals surface area contributed by atoms with Gasteiger partial charge in [0.25, 0.3) is 5.91 Å². The van der Waals surface area contributed by atoms with Crippen LogP contribution < -0.4 is 0 Å². The standard InChI is InChI=1S/C15H14F3N5O/c16-15(17,18)14-5-4-9(14)7-23(8-14)13(24)12-20-11(21-22-12)10-3-1-2-6-19-10/h1-3,6,9H,4-5,7-8H2,(H,20,21,22)/t9-,14-/m0/s1. The topological polar surface area (TPSA) is 74.8 Å². The average molecular weight is 337 g/mol. The van der Waals surface area contributed by atoms with Gasteiger partial charge in [-0.1, -0.05) is 6.07 Å². The van der Waals surface area contributed by atoms with Gasteiger partial charge in [-0.05, 0) is 30.9 Å². The summed E-state index contributed by atoms with van der Waals surface area (Å²) in [5, 5.41) is 6.44. The number of rotatable bonds is 2. The number of carbonyl (C=O) groups is 1. The first kappa shape index (κ1) is 15.1. The van der Waals surface area contributed by atoms with Gasteiger partial charge >= 0.3 is 6.18 Å². The van der Waals surface area contributed by atoms with Gasteiger partial charge in [-0.2, -0.15) is 18.3 Å². The summed E-state index contributed by atoms with van der Waals surface area (Å²) in [4.78, 5) is 21.9. The van der Waals surface area contributed by atoms with Gasteiger partial charge in [0.05, 0.1) is 5.41 Å². The third-order valence-corrected chi connectivity index (χ3v) is 5.07. The van der Waals surface area contributed by atoms with Crippen molar-refractivity contribution in [2.24, 2.45) is 11.3 Å². The lowest BCUT2D eigenvalue weighted by atomic mass is 9.61. The van der Waals surface area contributed by atoms with E-state index in [1.54, 1.807) is 24.4 Å². The second kappa shape index (κ2) is 5.02. The molecular weight excluding hydrogens is 323 g/mol. The number of fused-ring (bicyclic) bond motifs is 1. The van der Waals surface area contributed by atoms with E-state index in [9.17, 15) is 18.0 Å². The Morgan fingerprint density at radius 3 is 2.79 bits per heavy atom. The van der Waals surface area contributed by atoms with E-state index in [0.29, 0.717) is 12.1 Å². The maximum Gasteiger partial charge on any atom is 0.396 e. The second-order valence-electron chi connectivity index (χ2n) is 6.30. The maximum absolute atomic E-state index is 13.3. The highest BCUT2D eigenvalue weighted by molar-refractivity contribution is 5.91. The van der Waals surface area contributed by atoms with E-state index >= 15 is 0 Å². The zero-order valence-corrected chi connectivity index (χ0v) is 12.5. The third-order valence-electron chi connectivity index (χ3n) is 5.07. The molecule has 2 aromatic heterocycles. The zero-order valence-electron chi connectivity index (χ0n) is 12.5. The minimum atomic E-state index is -4.29. The summed E-state index contributed by atoms with van der Waals surface area (Å²) in [5.41, 5.74) is -1.26. The minimum Gasteiger partial charge on any atom is -0.335 e. The molecule has 0 radical (unpaired) electrons. The van der Waals surface area contributed by atoms with Crippen LogP contribution in [-0.2, 0) is 0 Å². The van der Waals surface area contributed by atoms with Gasteiger partial charge in [-0.15, -0.1) is 0 Å². The molecule has 2 aliphatic rings. The Morgan fingerprint density at radius 1 is 1.38 bits per heavy atom. The summed E-state index contributed by atoms with van der Waals surface area (Å²) in [6, 6.07) is 5.18. The quantitative estimate of drug-likeness (QED) is 0.912. The van der Waals surface area contributed by atoms with Crippen molar-refractivity contribution in [2.45, 2.75) is 19.0 Å². The summed E-state index contributed by atoms with van der Waals surface area (Å²) < 4.78 is 40.0. The van der Waals surface area contributed by atoms with Gasteiger partial charge in [-0.3, -0.25) is 14.9 Å². The Bertz CT molecular complexity index is 775. The molecule has 1 N–H and O–H groups in total. The zero-order chi connectivity index (χ0) is 16.9. The smallest absolute Gasteiger partial charge is 0.335 e. The molecule has 3 heterocycles. The number of aromatic amines is 1. The van der Waals surface area contributed by atoms with Crippen LogP contribution in [0.25, 0.3) is 11.5 Å². The van der Waals surface area contributed by atoms with E-state index in [2.05, 4.69) is 20.2 Å². The first-order valence-corrected chi connectivity index (χ1v) is 7.60. The summed E-state index contributed by atoms with van der Waals surface area (Å²) in [6.07, 6.45) is -2.14. The maximum atomic E-state index is 13.3. The molecule has 6 nitrogen and oxygen atoms in total. The summed E-state index contributed by atoms with van der Waals surface area (Å²) in [7, 11) is 0. The van der Waals surface area contributed by atoms with Crippen LogP contribution in [0.2, 0.25) is 0 Å². The van der Waals surface area contributed by atoms with Crippen molar-refractivity contribution >= 4 is 5.91 Å². The molecule has 1 saturated heterocycles. The Balaban J connectivity index is 1.55. The normalized spacial score (nSPS) is 26.1. The molecule has 1 saturated carbocycles. The second-order valence-corrected chi connectivity index (χ2v) is 6.30. The van der Waals surface area contributed by atoms with Gasteiger partial charge in [0, 0.05) is 19.3 Å². The predicted molar refractivity (Wildman–Crippen MR) is 76.7 cm³/mol. The molecule has 0 aromatic carbocycles. The minimum absolute atomic E-state index is 0.0609. The Labute approximate surface area is 135 Å². The Morgan fingerprint density at radius 2 is 2.21 bits per heavy atom. The van der Waals surface area contributed by atoms with Crippen LogP contribution in [0.5, 0.6) is 0 Å². The van der Waals surface area contributed by atoms with Crippen LogP contribution in [0.15, 0.2) is 24.4 Å². The van der Waals surface area contributed by atoms with Gasteiger partial charge in [0.15, 0.2) is 5.82 Å². The highest BCUT2D eigenvalue weighted by Crippen LogP contribution is 2.60. The molecule has 24 heavy (non-hydrogen) atoms. The summed E-state index contributed by atoms with van der Waals surface area (Å²) in [6.45, 7) is -0.197. The van der Waals surface area contributed by atoms with Crippen LogP contribution in [0.1, 0.15) is 23.5 Å². The lowest BCUT2D eigenvalue weighted by molar-refractivity contribution is -0.259. The van der Waals surface area contributed by atoms with E-state index in [-0.39, 0.29) is 31.2 Å². The van der Waals surface area contributed by atoms with Crippen molar-refractivity contribution in [1.82, 2.24) is 25.1 Å². The molecule has 9 heteroatoms. The number of hydrogen-bond acceptors (Lipinski definition) is 4. The highest BCUT2D eigenvalue weighted by atomic mass is 19.4. The molecular formula is C15H14F3N5O. The SMILES string of the molecule is O=C(c1nc(-c2ccccn2)n[nH]1)N1C[C@@H]2CC[C@]2(C(F)(F)F)C1. The molecule has 0 bridgehead atoms. The van der Waals surface area contributed by atoms with E-state index in [1.807, 2.05) is 0 Å². The Kier molecular flexibility index (Phi) is 3.16. The first-order chi connectivity index (χ1) is 11.4. The number of nitrogens with one attached hydrogen (secondary N) is 1. The molecule has 4 rings (SSSR count). The number of alkyl halides is 3. The van der Waals surface area contributed by atoms with E-state index in [0.717, 1.165) is 0 Å². The number of amides is 1. The average Bonchev–Trinajstić information content (AvgIpc) is 3.11. The summed E-state index contributed by atoms with van der Waals surface area (Å²) in [5.74, 6) is -0.886. The summed E-state index contributed by atoms with van der Waals surface area (Å²) >= 11 is 0. The van der Waals surface area contributed by atoms with Crippen molar-refractivity contribution in [3.63, 3.8) is 0 Å². The number of likely N-dealkylation sites (tertiary alicyclic amines) is 1. The number of aromatic nitrogens is 4. The van der Waals surface area contributed by atoms with Crippen LogP contribution in [0, 0.1) is 11.3 Å². The van der Waals surface area contributed by atoms with Gasteiger partial charge in [0.2, 0.25) is 5.82 Å². The van der Waals surface area contributed by atoms with Crippen molar-refractivity contribution in [1.29, 1.82) is 0 Å². The number of nitrogens with zero attached hydrogens (tertiary/aromatic N) is 4. The van der Waals surface area contributed by atoms with Crippen LogP contribution >= 0.6 is 0 Å². The third kappa shape index (κ3) is 2.10. The lowest BCUT2D eigenvalue weighted by Crippen LogP contribution is -2.51. The monoisotopic (exact) mass is 337 g/mol. The highest BCUT2D eigenvalue weighted by Gasteiger charge is 2.68. The number of halogens is 3. The molecule has 1 aliphatic heterocycles. The van der Waals surface area contributed by atoms with E-state index in [4.69, 9.17) is 0 Å². The fourth-order valence-electron chi connectivity index (χ4n) is 3.58. The van der Waals surface area contributed by atoms with Crippen LogP contribution in [0.3, 0.4) is 0 Å². The molecule has 1 aliphatic carbocycles. The molecule has 0 spiro atoms. The molecule has 126 valence electrons. The molecule has 2 atom stereocenters. The van der Waals surface area contributed by atoms with Crippen molar-refractivity contribution < 1.29 is 18.0 Å². The number of pyridine rings is 1. The van der Waals surface area contributed by atoms with Gasteiger partial charge in [-0.25, -0.2) is 4.98 Å². The fraction of sp³-hybridized carbons (Fsp3) is 0.467.